The third-order valence-corrected chi connectivity index (χ3v) is 2.00. The van der Waals surface area contributed by atoms with Gasteiger partial charge in [-0.2, -0.15) is 5.48 Å². The highest BCUT2D eigenvalue weighted by Crippen LogP contribution is 2.28. The van der Waals surface area contributed by atoms with Crippen LogP contribution in [0.2, 0.25) is 0 Å². The lowest BCUT2D eigenvalue weighted by Gasteiger charge is -2.22. The van der Waals surface area contributed by atoms with Crippen LogP contribution in [-0.4, -0.2) is 34.6 Å². The normalized spacial score (nSPS) is 56.7. The number of nitrogens with one attached hydrogen (secondary N) is 1. The van der Waals surface area contributed by atoms with Crippen LogP contribution in [0.3, 0.4) is 0 Å². The van der Waals surface area contributed by atoms with E-state index in [1.54, 1.807) is 0 Å². The molecular formula is C5H9NO3. The van der Waals surface area contributed by atoms with Crippen LogP contribution in [0.15, 0.2) is 0 Å². The van der Waals surface area contributed by atoms with Gasteiger partial charge in [0.1, 0.15) is 18.3 Å². The lowest BCUT2D eigenvalue weighted by atomic mass is 10.2. The van der Waals surface area contributed by atoms with Crippen LogP contribution in [0, 0.1) is 0 Å². The summed E-state index contributed by atoms with van der Waals surface area (Å²) in [6.07, 6.45) is -0.785. The molecule has 1 aliphatic heterocycles. The van der Waals surface area contributed by atoms with Crippen molar-refractivity contribution in [2.45, 2.75) is 30.8 Å². The summed E-state index contributed by atoms with van der Waals surface area (Å²) in [5.41, 5.74) is 2.63. The average molecular weight is 131 g/mol. The summed E-state index contributed by atoms with van der Waals surface area (Å²) in [4.78, 5) is 4.87. The quantitative estimate of drug-likeness (QED) is 0.370. The molecule has 2 rings (SSSR count). The minimum Gasteiger partial charge on any atom is -0.389 e. The Hall–Kier alpha value is -0.160. The highest BCUT2D eigenvalue weighted by Gasteiger charge is 2.47. The Labute approximate surface area is 52.4 Å². The van der Waals surface area contributed by atoms with Crippen molar-refractivity contribution in [3.05, 3.63) is 0 Å². The van der Waals surface area contributed by atoms with Gasteiger partial charge < -0.3 is 10.2 Å². The minimum absolute atomic E-state index is 0.0509. The topological polar surface area (TPSA) is 61.7 Å². The summed E-state index contributed by atoms with van der Waals surface area (Å²) in [5, 5.41) is 18.2. The lowest BCUT2D eigenvalue weighted by Crippen LogP contribution is -2.45. The van der Waals surface area contributed by atoms with Crippen LogP contribution in [0.5, 0.6) is 0 Å². The van der Waals surface area contributed by atoms with Gasteiger partial charge in [0, 0.05) is 0 Å². The summed E-state index contributed by atoms with van der Waals surface area (Å²) in [5.74, 6) is 0. The summed E-state index contributed by atoms with van der Waals surface area (Å²) in [6.45, 7) is 0. The Morgan fingerprint density at radius 1 is 1.33 bits per heavy atom. The van der Waals surface area contributed by atoms with E-state index in [4.69, 9.17) is 15.1 Å². The van der Waals surface area contributed by atoms with Crippen molar-refractivity contribution in [3.63, 3.8) is 0 Å². The van der Waals surface area contributed by atoms with Gasteiger partial charge in [-0.05, 0) is 6.42 Å². The molecule has 1 saturated carbocycles. The van der Waals surface area contributed by atoms with E-state index in [9.17, 15) is 0 Å². The molecule has 3 N–H and O–H groups in total. The van der Waals surface area contributed by atoms with E-state index in [1.165, 1.54) is 0 Å². The SMILES string of the molecule is O[C@@H]1[C@H](O)[C@@H]2C[C@H]1NO2. The molecule has 2 aliphatic rings. The second kappa shape index (κ2) is 1.67. The van der Waals surface area contributed by atoms with Gasteiger partial charge in [0.25, 0.3) is 0 Å². The van der Waals surface area contributed by atoms with Gasteiger partial charge in [0.15, 0.2) is 0 Å². The third kappa shape index (κ3) is 0.616. The Morgan fingerprint density at radius 2 is 2.11 bits per heavy atom. The number of rotatable bonds is 0. The number of hydrogen-bond donors (Lipinski definition) is 3. The fraction of sp³-hybridized carbons (Fsp3) is 1.00. The highest BCUT2D eigenvalue weighted by molar-refractivity contribution is 4.98. The minimum atomic E-state index is -0.684. The van der Waals surface area contributed by atoms with Crippen LogP contribution in [-0.2, 0) is 4.84 Å². The van der Waals surface area contributed by atoms with Gasteiger partial charge in [0.2, 0.25) is 0 Å². The largest absolute Gasteiger partial charge is 0.389 e. The van der Waals surface area contributed by atoms with E-state index in [2.05, 4.69) is 5.48 Å². The van der Waals surface area contributed by atoms with Gasteiger partial charge in [-0.15, -0.1) is 0 Å². The first-order valence-corrected chi connectivity index (χ1v) is 3.06. The fourth-order valence-electron chi connectivity index (χ4n) is 1.40. The molecule has 4 nitrogen and oxygen atoms in total. The van der Waals surface area contributed by atoms with Crippen LogP contribution in [0.25, 0.3) is 0 Å². The molecule has 0 aromatic carbocycles. The van der Waals surface area contributed by atoms with Crippen molar-refractivity contribution in [1.82, 2.24) is 5.48 Å². The summed E-state index contributed by atoms with van der Waals surface area (Å²) >= 11 is 0. The summed E-state index contributed by atoms with van der Waals surface area (Å²) in [7, 11) is 0. The maximum absolute atomic E-state index is 9.10. The zero-order chi connectivity index (χ0) is 6.43. The van der Waals surface area contributed by atoms with E-state index in [0.29, 0.717) is 0 Å². The van der Waals surface area contributed by atoms with Gasteiger partial charge >= 0.3 is 0 Å². The molecule has 0 spiro atoms. The number of hydrogen-bond acceptors (Lipinski definition) is 4. The van der Waals surface area contributed by atoms with Gasteiger partial charge in [-0.3, -0.25) is 4.84 Å². The molecule has 1 aliphatic carbocycles. The number of hydroxylamine groups is 1. The average Bonchev–Trinajstić information content (AvgIpc) is 2.37. The molecule has 0 aromatic heterocycles. The first-order chi connectivity index (χ1) is 4.29. The molecule has 4 atom stereocenters. The standard InChI is InChI=1S/C5H9NO3/c7-4-2-1-3(5(4)8)9-6-2/h2-8H,1H2/t2-,3+,4+,5-/m1/s1. The van der Waals surface area contributed by atoms with Crippen LogP contribution in [0.1, 0.15) is 6.42 Å². The first-order valence-electron chi connectivity index (χ1n) is 3.06. The maximum atomic E-state index is 9.10. The molecule has 4 heteroatoms. The Balaban J connectivity index is 2.15. The number of aliphatic hydroxyl groups excluding tert-OH is 2. The molecule has 2 bridgehead atoms. The molecule has 0 radical (unpaired) electrons. The van der Waals surface area contributed by atoms with Crippen LogP contribution < -0.4 is 5.48 Å². The summed E-state index contributed by atoms with van der Waals surface area (Å²) < 4.78 is 0. The van der Waals surface area contributed by atoms with Crippen molar-refractivity contribution in [1.29, 1.82) is 0 Å². The first kappa shape index (κ1) is 5.61. The van der Waals surface area contributed by atoms with E-state index in [1.807, 2.05) is 0 Å². The number of aliphatic hydroxyl groups is 2. The molecule has 1 heterocycles. The van der Waals surface area contributed by atoms with Crippen molar-refractivity contribution in [2.24, 2.45) is 0 Å². The monoisotopic (exact) mass is 131 g/mol. The second-order valence-corrected chi connectivity index (χ2v) is 2.60. The van der Waals surface area contributed by atoms with Gasteiger partial charge in [0.05, 0.1) is 6.04 Å². The van der Waals surface area contributed by atoms with Crippen molar-refractivity contribution < 1.29 is 15.1 Å². The van der Waals surface area contributed by atoms with E-state index < -0.39 is 12.2 Å². The zero-order valence-electron chi connectivity index (χ0n) is 4.82. The molecular weight excluding hydrogens is 122 g/mol. The predicted octanol–water partition coefficient (Wildman–Crippen LogP) is -1.62. The zero-order valence-corrected chi connectivity index (χ0v) is 4.82. The van der Waals surface area contributed by atoms with Crippen LogP contribution in [0.4, 0.5) is 0 Å². The number of fused-ring (bicyclic) bond motifs is 2. The Bertz CT molecular complexity index is 111. The van der Waals surface area contributed by atoms with E-state index >= 15 is 0 Å². The molecule has 0 unspecified atom stereocenters. The lowest BCUT2D eigenvalue weighted by molar-refractivity contribution is -0.125. The highest BCUT2D eigenvalue weighted by atomic mass is 16.7. The Kier molecular flexibility index (Phi) is 1.04. The fourth-order valence-corrected chi connectivity index (χ4v) is 1.40. The molecule has 0 amide bonds. The molecule has 2 fully saturated rings. The van der Waals surface area contributed by atoms with Crippen molar-refractivity contribution in [2.75, 3.05) is 0 Å². The van der Waals surface area contributed by atoms with Crippen molar-refractivity contribution in [3.8, 4) is 0 Å². The smallest absolute Gasteiger partial charge is 0.110 e. The van der Waals surface area contributed by atoms with Crippen molar-refractivity contribution >= 4 is 0 Å². The molecule has 0 aromatic rings. The molecule has 9 heavy (non-hydrogen) atoms. The second-order valence-electron chi connectivity index (χ2n) is 2.60. The summed E-state index contributed by atoms with van der Waals surface area (Å²) in [6, 6.07) is -0.0509. The van der Waals surface area contributed by atoms with Gasteiger partial charge in [-0.1, -0.05) is 0 Å². The van der Waals surface area contributed by atoms with Crippen LogP contribution >= 0.6 is 0 Å². The molecule has 1 saturated heterocycles. The Morgan fingerprint density at radius 3 is 2.44 bits per heavy atom. The molecule has 52 valence electrons. The van der Waals surface area contributed by atoms with Gasteiger partial charge in [-0.25, -0.2) is 0 Å². The third-order valence-electron chi connectivity index (χ3n) is 2.00. The van der Waals surface area contributed by atoms with E-state index in [0.717, 1.165) is 6.42 Å². The maximum Gasteiger partial charge on any atom is 0.110 e. The predicted molar refractivity (Wildman–Crippen MR) is 28.4 cm³/mol. The van der Waals surface area contributed by atoms with E-state index in [-0.39, 0.29) is 12.1 Å².